The number of nitrogens with one attached hydrogen (secondary N) is 2. The number of carbonyl (C=O) groups is 2. The fourth-order valence-corrected chi connectivity index (χ4v) is 2.24. The largest absolute Gasteiger partial charge is 0.273 e. The molecule has 0 aliphatic heterocycles. The Morgan fingerprint density at radius 1 is 0.742 bits per heavy atom. The summed E-state index contributed by atoms with van der Waals surface area (Å²) < 4.78 is 0. The molecule has 12 nitrogen and oxygen atoms in total. The first-order valence-electron chi connectivity index (χ1n) is 8.98. The van der Waals surface area contributed by atoms with Crippen LogP contribution in [0.3, 0.4) is 0 Å². The first-order chi connectivity index (χ1) is 14.8. The molecule has 2 aromatic carbocycles. The Morgan fingerprint density at radius 3 is 1.42 bits per heavy atom. The minimum atomic E-state index is -0.514. The van der Waals surface area contributed by atoms with Crippen LogP contribution in [-0.4, -0.2) is 34.1 Å². The molecule has 0 saturated heterocycles. The number of benzene rings is 2. The minimum Gasteiger partial charge on any atom is -0.273 e. The third-order valence-corrected chi connectivity index (χ3v) is 3.82. The summed E-state index contributed by atoms with van der Waals surface area (Å²) in [5.41, 5.74) is 5.68. The molecule has 0 atom stereocenters. The van der Waals surface area contributed by atoms with Gasteiger partial charge in [-0.15, -0.1) is 0 Å². The molecule has 2 aromatic rings. The van der Waals surface area contributed by atoms with Crippen molar-refractivity contribution in [3.05, 3.63) is 79.9 Å². The van der Waals surface area contributed by atoms with Crippen LogP contribution in [0.25, 0.3) is 0 Å². The zero-order chi connectivity index (χ0) is 22.6. The van der Waals surface area contributed by atoms with E-state index in [-0.39, 0.29) is 42.5 Å². The summed E-state index contributed by atoms with van der Waals surface area (Å²) >= 11 is 0. The van der Waals surface area contributed by atoms with Gasteiger partial charge in [0.05, 0.1) is 22.3 Å². The highest BCUT2D eigenvalue weighted by Gasteiger charge is 2.05. The predicted molar refractivity (Wildman–Crippen MR) is 112 cm³/mol. The first kappa shape index (κ1) is 22.8. The topological polar surface area (TPSA) is 169 Å². The predicted octanol–water partition coefficient (Wildman–Crippen LogP) is 2.27. The van der Waals surface area contributed by atoms with Gasteiger partial charge in [-0.05, 0) is 41.8 Å². The monoisotopic (exact) mass is 426 g/mol. The van der Waals surface area contributed by atoms with Crippen LogP contribution in [-0.2, 0) is 9.59 Å². The molecule has 0 aromatic heterocycles. The molecule has 0 fully saturated rings. The van der Waals surface area contributed by atoms with Crippen molar-refractivity contribution in [1.29, 1.82) is 0 Å². The average Bonchev–Trinajstić information content (AvgIpc) is 2.74. The van der Waals surface area contributed by atoms with E-state index in [0.717, 1.165) is 0 Å². The summed E-state index contributed by atoms with van der Waals surface area (Å²) in [6.45, 7) is 0. The lowest BCUT2D eigenvalue weighted by Gasteiger charge is -2.00. The van der Waals surface area contributed by atoms with Gasteiger partial charge in [0, 0.05) is 37.1 Å². The molecule has 0 unspecified atom stereocenters. The Kier molecular flexibility index (Phi) is 8.46. The van der Waals surface area contributed by atoms with E-state index in [1.807, 2.05) is 0 Å². The number of rotatable bonds is 10. The molecule has 0 bridgehead atoms. The number of hydrogen-bond acceptors (Lipinski definition) is 8. The van der Waals surface area contributed by atoms with E-state index < -0.39 is 9.85 Å². The van der Waals surface area contributed by atoms with E-state index in [0.29, 0.717) is 11.1 Å². The number of amides is 2. The highest BCUT2D eigenvalue weighted by molar-refractivity contribution is 5.84. The van der Waals surface area contributed by atoms with Crippen molar-refractivity contribution < 1.29 is 19.4 Å². The van der Waals surface area contributed by atoms with Crippen LogP contribution in [0.2, 0.25) is 0 Å². The molecule has 2 amide bonds. The fourth-order valence-electron chi connectivity index (χ4n) is 2.24. The molecule has 2 rings (SSSR count). The summed E-state index contributed by atoms with van der Waals surface area (Å²) in [6, 6.07) is 11.3. The van der Waals surface area contributed by atoms with Crippen molar-refractivity contribution >= 4 is 35.6 Å². The van der Waals surface area contributed by atoms with Crippen LogP contribution < -0.4 is 10.9 Å². The van der Waals surface area contributed by atoms with Gasteiger partial charge in [0.2, 0.25) is 11.8 Å². The summed E-state index contributed by atoms with van der Waals surface area (Å²) in [4.78, 5) is 43.5. The fraction of sp³-hybridized carbons (Fsp3) is 0.158. The summed E-state index contributed by atoms with van der Waals surface area (Å²) in [7, 11) is 0. The quantitative estimate of drug-likeness (QED) is 0.335. The van der Waals surface area contributed by atoms with Crippen LogP contribution in [0.5, 0.6) is 0 Å². The molecule has 0 aliphatic rings. The van der Waals surface area contributed by atoms with E-state index in [9.17, 15) is 29.8 Å². The Bertz CT molecular complexity index is 920. The molecular weight excluding hydrogens is 408 g/mol. The van der Waals surface area contributed by atoms with Crippen molar-refractivity contribution in [3.8, 4) is 0 Å². The Labute approximate surface area is 176 Å². The van der Waals surface area contributed by atoms with Gasteiger partial charge in [-0.2, -0.15) is 10.2 Å². The zero-order valence-electron chi connectivity index (χ0n) is 16.1. The molecule has 160 valence electrons. The maximum Gasteiger partial charge on any atom is 0.269 e. The van der Waals surface area contributed by atoms with Gasteiger partial charge < -0.3 is 0 Å². The van der Waals surface area contributed by atoms with Gasteiger partial charge in [0.15, 0.2) is 0 Å². The van der Waals surface area contributed by atoms with Gasteiger partial charge in [0.25, 0.3) is 11.4 Å². The average molecular weight is 426 g/mol. The van der Waals surface area contributed by atoms with Gasteiger partial charge in [0.1, 0.15) is 0 Å². The van der Waals surface area contributed by atoms with Crippen molar-refractivity contribution in [1.82, 2.24) is 10.9 Å². The van der Waals surface area contributed by atoms with Crippen LogP contribution in [0.15, 0.2) is 58.7 Å². The molecule has 0 aliphatic carbocycles. The van der Waals surface area contributed by atoms with Crippen LogP contribution in [0.1, 0.15) is 30.4 Å². The molecule has 2 N–H and O–H groups in total. The lowest BCUT2D eigenvalue weighted by Crippen LogP contribution is -2.20. The number of hydrazone groups is 2. The maximum atomic E-state index is 11.7. The molecule has 0 radical (unpaired) electrons. The van der Waals surface area contributed by atoms with E-state index in [4.69, 9.17) is 0 Å². The molecule has 0 heterocycles. The summed E-state index contributed by atoms with van der Waals surface area (Å²) in [5.74, 6) is -0.777. The number of nitro groups is 2. The second-order valence-corrected chi connectivity index (χ2v) is 6.14. The van der Waals surface area contributed by atoms with Gasteiger partial charge >= 0.3 is 0 Å². The van der Waals surface area contributed by atoms with Crippen molar-refractivity contribution in [2.75, 3.05) is 0 Å². The van der Waals surface area contributed by atoms with Crippen molar-refractivity contribution in [2.24, 2.45) is 10.2 Å². The second-order valence-electron chi connectivity index (χ2n) is 6.14. The lowest BCUT2D eigenvalue weighted by atomic mass is 10.2. The zero-order valence-corrected chi connectivity index (χ0v) is 16.1. The smallest absolute Gasteiger partial charge is 0.269 e. The molecule has 12 heteroatoms. The number of nitro benzene ring substituents is 2. The molecular formula is C19H18N6O6. The van der Waals surface area contributed by atoms with Crippen LogP contribution in [0, 0.1) is 20.2 Å². The van der Waals surface area contributed by atoms with Crippen LogP contribution in [0.4, 0.5) is 11.4 Å². The Balaban J connectivity index is 1.65. The minimum absolute atomic E-state index is 0.0449. The Hall–Kier alpha value is -4.48. The highest BCUT2D eigenvalue weighted by atomic mass is 16.6. The summed E-state index contributed by atoms with van der Waals surface area (Å²) in [6.07, 6.45) is 3.11. The van der Waals surface area contributed by atoms with Gasteiger partial charge in [-0.1, -0.05) is 0 Å². The number of hydrogen-bond donors (Lipinski definition) is 2. The maximum absolute atomic E-state index is 11.7. The molecule has 0 spiro atoms. The Morgan fingerprint density at radius 2 is 1.10 bits per heavy atom. The second kappa shape index (κ2) is 11.5. The van der Waals surface area contributed by atoms with Crippen molar-refractivity contribution in [3.63, 3.8) is 0 Å². The highest BCUT2D eigenvalue weighted by Crippen LogP contribution is 2.11. The number of carbonyl (C=O) groups excluding carboxylic acids is 2. The number of non-ortho nitro benzene ring substituents is 2. The van der Waals surface area contributed by atoms with E-state index in [1.54, 1.807) is 0 Å². The normalized spacial score (nSPS) is 10.8. The summed E-state index contributed by atoms with van der Waals surface area (Å²) in [5, 5.41) is 28.7. The first-order valence-corrected chi connectivity index (χ1v) is 8.98. The standard InChI is InChI=1S/C19H18N6O6/c26-18(22-20-12-14-4-8-16(9-5-14)24(28)29)2-1-3-19(27)23-21-13-15-6-10-17(11-7-15)25(30)31/h4-13H,1-3H2,(H,22,26)(H,23,27)/b20-12-,21-13+. The SMILES string of the molecule is O=C(CCCC(=O)N/N=C/c1ccc([N+](=O)[O-])cc1)N/N=C\c1ccc([N+](=O)[O-])cc1. The number of nitrogens with zero attached hydrogens (tertiary/aromatic N) is 4. The van der Waals surface area contributed by atoms with E-state index in [2.05, 4.69) is 21.1 Å². The van der Waals surface area contributed by atoms with Crippen molar-refractivity contribution in [2.45, 2.75) is 19.3 Å². The third kappa shape index (κ3) is 8.19. The van der Waals surface area contributed by atoms with E-state index >= 15 is 0 Å². The molecule has 31 heavy (non-hydrogen) atoms. The van der Waals surface area contributed by atoms with Gasteiger partial charge in [-0.3, -0.25) is 29.8 Å². The van der Waals surface area contributed by atoms with Crippen LogP contribution >= 0.6 is 0 Å². The molecule has 0 saturated carbocycles. The third-order valence-electron chi connectivity index (χ3n) is 3.82. The van der Waals surface area contributed by atoms with Gasteiger partial charge in [-0.25, -0.2) is 10.9 Å². The van der Waals surface area contributed by atoms with E-state index in [1.165, 1.54) is 61.0 Å². The lowest BCUT2D eigenvalue weighted by molar-refractivity contribution is -0.385.